The number of imidazole rings is 1. The molecule has 14 heavy (non-hydrogen) atoms. The zero-order chi connectivity index (χ0) is 9.54. The highest BCUT2D eigenvalue weighted by Crippen LogP contribution is 2.30. The largest absolute Gasteiger partial charge is 0.338 e. The average Bonchev–Trinajstić information content (AvgIpc) is 2.78. The van der Waals surface area contributed by atoms with Crippen molar-refractivity contribution in [3.8, 4) is 0 Å². The molecule has 2 aliphatic rings. The number of aromatic nitrogens is 2. The van der Waals surface area contributed by atoms with Crippen LogP contribution >= 0.6 is 0 Å². The monoisotopic (exact) mass is 192 g/mol. The van der Waals surface area contributed by atoms with E-state index in [2.05, 4.69) is 26.8 Å². The number of hydrogen-bond donors (Lipinski definition) is 1. The van der Waals surface area contributed by atoms with Crippen LogP contribution in [-0.2, 0) is 7.05 Å². The van der Waals surface area contributed by atoms with Crippen LogP contribution in [0.25, 0.3) is 0 Å². The molecule has 2 saturated heterocycles. The number of rotatable bonds is 1. The Kier molecular flexibility index (Phi) is 1.77. The summed E-state index contributed by atoms with van der Waals surface area (Å²) < 4.78 is 2.11. The maximum absolute atomic E-state index is 4.42. The van der Waals surface area contributed by atoms with Crippen LogP contribution in [0.2, 0.25) is 0 Å². The molecule has 1 N–H and O–H groups in total. The van der Waals surface area contributed by atoms with E-state index < -0.39 is 0 Å². The smallest absolute Gasteiger partial charge is 0.205 e. The van der Waals surface area contributed by atoms with Gasteiger partial charge in [0.05, 0.1) is 0 Å². The van der Waals surface area contributed by atoms with Gasteiger partial charge in [0.25, 0.3) is 0 Å². The molecule has 4 heteroatoms. The van der Waals surface area contributed by atoms with E-state index in [0.717, 1.165) is 18.4 Å². The summed E-state index contributed by atoms with van der Waals surface area (Å²) in [6, 6.07) is 0.677. The van der Waals surface area contributed by atoms with E-state index in [0.29, 0.717) is 6.04 Å². The van der Waals surface area contributed by atoms with Gasteiger partial charge in [0, 0.05) is 45.1 Å². The molecule has 0 saturated carbocycles. The van der Waals surface area contributed by atoms with E-state index in [1.807, 2.05) is 12.4 Å². The number of nitrogens with one attached hydrogen (secondary N) is 1. The third-order valence-corrected chi connectivity index (χ3v) is 3.50. The van der Waals surface area contributed by atoms with Crippen molar-refractivity contribution in [3.63, 3.8) is 0 Å². The van der Waals surface area contributed by atoms with Crippen LogP contribution in [0.3, 0.4) is 0 Å². The van der Waals surface area contributed by atoms with Crippen molar-refractivity contribution in [1.29, 1.82) is 0 Å². The second-order valence-corrected chi connectivity index (χ2v) is 4.31. The fourth-order valence-corrected chi connectivity index (χ4v) is 2.73. The fourth-order valence-electron chi connectivity index (χ4n) is 2.73. The van der Waals surface area contributed by atoms with Crippen molar-refractivity contribution < 1.29 is 0 Å². The predicted octanol–water partition coefficient (Wildman–Crippen LogP) is 0.218. The normalized spacial score (nSPS) is 31.1. The second kappa shape index (κ2) is 2.98. The molecular formula is C10H16N4. The molecule has 1 aromatic heterocycles. The minimum Gasteiger partial charge on any atom is -0.338 e. The first-order valence-corrected chi connectivity index (χ1v) is 5.31. The van der Waals surface area contributed by atoms with Gasteiger partial charge in [-0.15, -0.1) is 0 Å². The third kappa shape index (κ3) is 1.07. The lowest BCUT2D eigenvalue weighted by Gasteiger charge is -2.24. The molecule has 3 rings (SSSR count). The lowest BCUT2D eigenvalue weighted by Crippen LogP contribution is -2.35. The topological polar surface area (TPSA) is 33.1 Å². The first-order valence-electron chi connectivity index (χ1n) is 5.31. The van der Waals surface area contributed by atoms with Gasteiger partial charge in [-0.05, 0) is 12.3 Å². The van der Waals surface area contributed by atoms with Crippen molar-refractivity contribution in [3.05, 3.63) is 12.4 Å². The molecule has 0 radical (unpaired) electrons. The molecule has 0 spiro atoms. The second-order valence-electron chi connectivity index (χ2n) is 4.31. The van der Waals surface area contributed by atoms with Gasteiger partial charge in [0.1, 0.15) is 0 Å². The van der Waals surface area contributed by atoms with Gasteiger partial charge in [0.15, 0.2) is 0 Å². The van der Waals surface area contributed by atoms with Crippen molar-refractivity contribution in [2.24, 2.45) is 13.0 Å². The van der Waals surface area contributed by atoms with Crippen LogP contribution in [0.1, 0.15) is 6.42 Å². The molecule has 2 atom stereocenters. The molecule has 1 aromatic rings. The summed E-state index contributed by atoms with van der Waals surface area (Å²) in [6.07, 6.45) is 5.21. The van der Waals surface area contributed by atoms with Crippen LogP contribution in [0.4, 0.5) is 5.95 Å². The van der Waals surface area contributed by atoms with Gasteiger partial charge in [-0.2, -0.15) is 0 Å². The summed E-state index contributed by atoms with van der Waals surface area (Å²) in [7, 11) is 2.07. The predicted molar refractivity (Wildman–Crippen MR) is 55.3 cm³/mol. The lowest BCUT2D eigenvalue weighted by molar-refractivity contribution is 0.574. The summed E-state index contributed by atoms with van der Waals surface area (Å²) in [4.78, 5) is 6.87. The Bertz CT molecular complexity index is 333. The summed E-state index contributed by atoms with van der Waals surface area (Å²) >= 11 is 0. The van der Waals surface area contributed by atoms with Crippen molar-refractivity contribution in [1.82, 2.24) is 14.9 Å². The molecular weight excluding hydrogens is 176 g/mol. The molecule has 76 valence electrons. The van der Waals surface area contributed by atoms with Crippen molar-refractivity contribution in [2.45, 2.75) is 12.5 Å². The average molecular weight is 192 g/mol. The minimum absolute atomic E-state index is 0.677. The number of aryl methyl sites for hydroxylation is 1. The molecule has 0 aromatic carbocycles. The van der Waals surface area contributed by atoms with E-state index in [1.54, 1.807) is 0 Å². The molecule has 0 amide bonds. The number of fused-ring (bicyclic) bond motifs is 1. The number of hydrogen-bond acceptors (Lipinski definition) is 3. The quantitative estimate of drug-likeness (QED) is 0.691. The van der Waals surface area contributed by atoms with Gasteiger partial charge < -0.3 is 14.8 Å². The highest BCUT2D eigenvalue weighted by atomic mass is 15.3. The zero-order valence-corrected chi connectivity index (χ0v) is 8.48. The first-order chi connectivity index (χ1) is 6.86. The number of anilines is 1. The highest BCUT2D eigenvalue weighted by molar-refractivity contribution is 5.36. The summed E-state index contributed by atoms with van der Waals surface area (Å²) in [5, 5.41) is 3.46. The fraction of sp³-hybridized carbons (Fsp3) is 0.700. The van der Waals surface area contributed by atoms with E-state index >= 15 is 0 Å². The van der Waals surface area contributed by atoms with Gasteiger partial charge in [-0.25, -0.2) is 4.98 Å². The van der Waals surface area contributed by atoms with E-state index in [4.69, 9.17) is 0 Å². The Morgan fingerprint density at radius 3 is 3.21 bits per heavy atom. The molecule has 0 aliphatic carbocycles. The summed E-state index contributed by atoms with van der Waals surface area (Å²) in [6.45, 7) is 3.48. The Morgan fingerprint density at radius 1 is 1.50 bits per heavy atom. The zero-order valence-electron chi connectivity index (χ0n) is 8.48. The third-order valence-electron chi connectivity index (χ3n) is 3.50. The lowest BCUT2D eigenvalue weighted by atomic mass is 10.1. The SMILES string of the molecule is Cn1ccnc1N1CC[C@@H]2CNC[C@@H]21. The molecule has 0 unspecified atom stereocenters. The molecule has 2 fully saturated rings. The van der Waals surface area contributed by atoms with E-state index in [1.165, 1.54) is 19.5 Å². The van der Waals surface area contributed by atoms with E-state index in [-0.39, 0.29) is 0 Å². The van der Waals surface area contributed by atoms with E-state index in [9.17, 15) is 0 Å². The van der Waals surface area contributed by atoms with Crippen LogP contribution in [0.5, 0.6) is 0 Å². The number of nitrogens with zero attached hydrogens (tertiary/aromatic N) is 3. The summed E-state index contributed by atoms with van der Waals surface area (Å²) in [5.41, 5.74) is 0. The van der Waals surface area contributed by atoms with Crippen molar-refractivity contribution >= 4 is 5.95 Å². The molecule has 2 aliphatic heterocycles. The minimum atomic E-state index is 0.677. The van der Waals surface area contributed by atoms with Crippen LogP contribution < -0.4 is 10.2 Å². The Hall–Kier alpha value is -1.03. The van der Waals surface area contributed by atoms with Crippen LogP contribution in [0.15, 0.2) is 12.4 Å². The molecule has 3 heterocycles. The maximum Gasteiger partial charge on any atom is 0.205 e. The van der Waals surface area contributed by atoms with Crippen LogP contribution in [-0.4, -0.2) is 35.2 Å². The van der Waals surface area contributed by atoms with Gasteiger partial charge >= 0.3 is 0 Å². The van der Waals surface area contributed by atoms with Crippen molar-refractivity contribution in [2.75, 3.05) is 24.5 Å². The molecule has 0 bridgehead atoms. The Morgan fingerprint density at radius 2 is 2.43 bits per heavy atom. The van der Waals surface area contributed by atoms with Gasteiger partial charge in [-0.1, -0.05) is 0 Å². The maximum atomic E-state index is 4.42. The standard InChI is InChI=1S/C10H16N4/c1-13-5-3-12-10(13)14-4-2-8-6-11-7-9(8)14/h3,5,8-9,11H,2,4,6-7H2,1H3/t8-,9+/m1/s1. The van der Waals surface area contributed by atoms with Crippen LogP contribution in [0, 0.1) is 5.92 Å². The Balaban J connectivity index is 1.89. The first kappa shape index (κ1) is 8.29. The van der Waals surface area contributed by atoms with Gasteiger partial charge in [-0.3, -0.25) is 0 Å². The van der Waals surface area contributed by atoms with Gasteiger partial charge in [0.2, 0.25) is 5.95 Å². The highest BCUT2D eigenvalue weighted by Gasteiger charge is 2.38. The molecule has 4 nitrogen and oxygen atoms in total. The summed E-state index contributed by atoms with van der Waals surface area (Å²) in [5.74, 6) is 1.97. The Labute approximate surface area is 83.9 Å².